The average molecular weight is 142 g/mol. The van der Waals surface area contributed by atoms with Gasteiger partial charge in [0.25, 0.3) is 0 Å². The van der Waals surface area contributed by atoms with E-state index in [4.69, 9.17) is 0 Å². The van der Waals surface area contributed by atoms with Crippen LogP contribution in [0.2, 0.25) is 0 Å². The third-order valence-electron chi connectivity index (χ3n) is 0.482. The summed E-state index contributed by atoms with van der Waals surface area (Å²) in [5.74, 6) is 0. The number of carbonyl (C=O) groups is 1. The van der Waals surface area contributed by atoms with Crippen molar-refractivity contribution in [3.8, 4) is 0 Å². The smallest absolute Gasteiger partial charge is 0.341 e. The Labute approximate surface area is 49.2 Å². The van der Waals surface area contributed by atoms with Crippen molar-refractivity contribution in [3.05, 3.63) is 0 Å². The summed E-state index contributed by atoms with van der Waals surface area (Å²) in [6.45, 7) is 0. The molecule has 2 N–H and O–H groups in total. The van der Waals surface area contributed by atoms with Gasteiger partial charge >= 0.3 is 12.3 Å². The second-order valence-electron chi connectivity index (χ2n) is 1.20. The number of hydrogen-bond acceptors (Lipinski definition) is 1. The summed E-state index contributed by atoms with van der Waals surface area (Å²) >= 11 is 0. The van der Waals surface area contributed by atoms with E-state index in [1.807, 2.05) is 0 Å². The molecule has 0 unspecified atom stereocenters. The zero-order valence-corrected chi connectivity index (χ0v) is 4.54. The minimum atomic E-state index is -4.64. The predicted octanol–water partition coefficient (Wildman–Crippen LogP) is 0.435. The topological polar surface area (TPSA) is 41.1 Å². The van der Waals surface area contributed by atoms with E-state index in [0.29, 0.717) is 0 Å². The van der Waals surface area contributed by atoms with Crippen molar-refractivity contribution in [2.75, 3.05) is 7.05 Å². The highest BCUT2D eigenvalue weighted by Gasteiger charge is 2.29. The normalized spacial score (nSPS) is 10.7. The molecule has 0 fully saturated rings. The molecule has 0 saturated heterocycles. The largest absolute Gasteiger partial charge is 0.485 e. The van der Waals surface area contributed by atoms with E-state index in [-0.39, 0.29) is 0 Å². The Morgan fingerprint density at radius 1 is 1.44 bits per heavy atom. The van der Waals surface area contributed by atoms with E-state index in [1.165, 1.54) is 0 Å². The van der Waals surface area contributed by atoms with Crippen molar-refractivity contribution in [3.63, 3.8) is 0 Å². The average Bonchev–Trinajstić information content (AvgIpc) is 1.62. The molecule has 2 amide bonds. The van der Waals surface area contributed by atoms with E-state index in [2.05, 4.69) is 0 Å². The van der Waals surface area contributed by atoms with Gasteiger partial charge in [0.2, 0.25) is 0 Å². The SMILES string of the molecule is CNC(=O)NC(F)(F)F. The molecule has 0 spiro atoms. The summed E-state index contributed by atoms with van der Waals surface area (Å²) in [5, 5.41) is 2.47. The number of carbonyl (C=O) groups excluding carboxylic acids is 1. The molecule has 3 nitrogen and oxygen atoms in total. The standard InChI is InChI=1S/C3H5F3N2O/c1-7-2(9)8-3(4,5)6/h1H3,(H2,7,8,9). The number of rotatable bonds is 0. The molecule has 0 rings (SSSR count). The Bertz CT molecular complexity index is 110. The molecule has 0 radical (unpaired) electrons. The van der Waals surface area contributed by atoms with Gasteiger partial charge in [-0.05, 0) is 0 Å². The Morgan fingerprint density at radius 2 is 1.89 bits per heavy atom. The van der Waals surface area contributed by atoms with E-state index in [0.717, 1.165) is 12.4 Å². The molecule has 0 aliphatic heterocycles. The lowest BCUT2D eigenvalue weighted by molar-refractivity contribution is -0.145. The first-order valence-electron chi connectivity index (χ1n) is 2.02. The van der Waals surface area contributed by atoms with Crippen molar-refractivity contribution in [2.24, 2.45) is 0 Å². The van der Waals surface area contributed by atoms with E-state index in [9.17, 15) is 18.0 Å². The van der Waals surface area contributed by atoms with Gasteiger partial charge in [-0.1, -0.05) is 0 Å². The van der Waals surface area contributed by atoms with E-state index >= 15 is 0 Å². The highest BCUT2D eigenvalue weighted by molar-refractivity contribution is 5.73. The number of halogens is 3. The fourth-order valence-corrected chi connectivity index (χ4v) is 0.191. The third kappa shape index (κ3) is 4.92. The molecular weight excluding hydrogens is 137 g/mol. The van der Waals surface area contributed by atoms with Gasteiger partial charge < -0.3 is 5.32 Å². The van der Waals surface area contributed by atoms with Gasteiger partial charge in [0.15, 0.2) is 0 Å². The second-order valence-corrected chi connectivity index (χ2v) is 1.20. The van der Waals surface area contributed by atoms with Gasteiger partial charge in [-0.2, -0.15) is 13.2 Å². The van der Waals surface area contributed by atoms with Gasteiger partial charge in [-0.3, -0.25) is 0 Å². The molecule has 0 aromatic rings. The first-order chi connectivity index (χ1) is 3.95. The predicted molar refractivity (Wildman–Crippen MR) is 23.6 cm³/mol. The molecule has 0 aliphatic carbocycles. The van der Waals surface area contributed by atoms with Crippen molar-refractivity contribution >= 4 is 6.03 Å². The van der Waals surface area contributed by atoms with Crippen LogP contribution in [0.3, 0.4) is 0 Å². The lowest BCUT2D eigenvalue weighted by atomic mass is 10.9. The van der Waals surface area contributed by atoms with Crippen molar-refractivity contribution < 1.29 is 18.0 Å². The summed E-state index contributed by atoms with van der Waals surface area (Å²) in [7, 11) is 1.10. The first-order valence-corrected chi connectivity index (χ1v) is 2.02. The van der Waals surface area contributed by atoms with Crippen molar-refractivity contribution in [1.82, 2.24) is 10.6 Å². The van der Waals surface area contributed by atoms with Crippen LogP contribution >= 0.6 is 0 Å². The molecule has 0 heterocycles. The molecule has 0 aromatic heterocycles. The number of nitrogens with one attached hydrogen (secondary N) is 2. The second kappa shape index (κ2) is 2.56. The van der Waals surface area contributed by atoms with Crippen LogP contribution in [0.5, 0.6) is 0 Å². The summed E-state index contributed by atoms with van der Waals surface area (Å²) in [4.78, 5) is 9.89. The number of hydrogen-bond donors (Lipinski definition) is 2. The van der Waals surface area contributed by atoms with Crippen LogP contribution in [0.1, 0.15) is 0 Å². The monoisotopic (exact) mass is 142 g/mol. The molecule has 0 bridgehead atoms. The maximum Gasteiger partial charge on any atom is 0.485 e. The molecule has 0 aromatic carbocycles. The van der Waals surface area contributed by atoms with Crippen LogP contribution in [-0.2, 0) is 0 Å². The van der Waals surface area contributed by atoms with E-state index in [1.54, 1.807) is 5.32 Å². The fraction of sp³-hybridized carbons (Fsp3) is 0.667. The minimum absolute atomic E-state index is 0.719. The van der Waals surface area contributed by atoms with Crippen molar-refractivity contribution in [2.45, 2.75) is 6.30 Å². The number of alkyl halides is 3. The molecule has 54 valence electrons. The van der Waals surface area contributed by atoms with Gasteiger partial charge in [-0.25, -0.2) is 10.1 Å². The Morgan fingerprint density at radius 3 is 2.00 bits per heavy atom. The summed E-state index contributed by atoms with van der Waals surface area (Å²) < 4.78 is 33.4. The Kier molecular flexibility index (Phi) is 2.29. The molecule has 0 aliphatic rings. The maximum atomic E-state index is 11.1. The van der Waals surface area contributed by atoms with Gasteiger partial charge in [-0.15, -0.1) is 0 Å². The Hall–Kier alpha value is -0.940. The zero-order valence-electron chi connectivity index (χ0n) is 4.54. The zero-order chi connectivity index (χ0) is 7.49. The lowest BCUT2D eigenvalue weighted by Crippen LogP contribution is -2.42. The van der Waals surface area contributed by atoms with Crippen molar-refractivity contribution in [1.29, 1.82) is 0 Å². The van der Waals surface area contributed by atoms with Crippen LogP contribution in [0.25, 0.3) is 0 Å². The highest BCUT2D eigenvalue weighted by Crippen LogP contribution is 2.08. The van der Waals surface area contributed by atoms with Gasteiger partial charge in [0.1, 0.15) is 0 Å². The van der Waals surface area contributed by atoms with E-state index < -0.39 is 12.3 Å². The summed E-state index contributed by atoms with van der Waals surface area (Å²) in [6.07, 6.45) is -4.64. The van der Waals surface area contributed by atoms with Gasteiger partial charge in [0, 0.05) is 7.05 Å². The molecule has 9 heavy (non-hydrogen) atoms. The van der Waals surface area contributed by atoms with Crippen LogP contribution in [0.15, 0.2) is 0 Å². The lowest BCUT2D eigenvalue weighted by Gasteiger charge is -2.06. The van der Waals surface area contributed by atoms with Gasteiger partial charge in [0.05, 0.1) is 0 Å². The maximum absolute atomic E-state index is 11.1. The summed E-state index contributed by atoms with van der Waals surface area (Å²) in [6, 6.07) is -1.26. The number of amides is 2. The molecule has 0 atom stereocenters. The molecule has 0 saturated carbocycles. The van der Waals surface area contributed by atoms with Crippen LogP contribution < -0.4 is 10.6 Å². The minimum Gasteiger partial charge on any atom is -0.341 e. The van der Waals surface area contributed by atoms with Crippen LogP contribution in [0, 0.1) is 0 Å². The first kappa shape index (κ1) is 8.06. The van der Waals surface area contributed by atoms with Crippen LogP contribution in [0.4, 0.5) is 18.0 Å². The fourth-order valence-electron chi connectivity index (χ4n) is 0.191. The van der Waals surface area contributed by atoms with Crippen LogP contribution in [-0.4, -0.2) is 19.4 Å². The summed E-state index contributed by atoms with van der Waals surface area (Å²) in [5.41, 5.74) is 0. The molecule has 6 heteroatoms. The number of urea groups is 1. The Balaban J connectivity index is 3.60. The molecular formula is C3H5F3N2O. The quantitative estimate of drug-likeness (QED) is 0.473. The highest BCUT2D eigenvalue weighted by atomic mass is 19.4. The third-order valence-corrected chi connectivity index (χ3v) is 0.482.